The van der Waals surface area contributed by atoms with Crippen LogP contribution in [0.1, 0.15) is 32.8 Å². The van der Waals surface area contributed by atoms with Crippen LogP contribution in [0.2, 0.25) is 0 Å². The van der Waals surface area contributed by atoms with E-state index >= 15 is 0 Å². The summed E-state index contributed by atoms with van der Waals surface area (Å²) in [6.45, 7) is 4.11. The van der Waals surface area contributed by atoms with Crippen LogP contribution in [0.3, 0.4) is 0 Å². The van der Waals surface area contributed by atoms with Gasteiger partial charge in [-0.1, -0.05) is 37.3 Å². The minimum Gasteiger partial charge on any atom is -0.455 e. The standard InChI is InChI=1S/C19H23F3O6/c1-5-14-15(28-17(2,3)27-14)13(23)11-26-16(24)18(25-4,19(20,21)22)12-9-7-6-8-10-12/h6-10,14-15H,5,11H2,1-4H3/t14-,15-,18-/m1/s1. The molecule has 0 radical (unpaired) electrons. The Morgan fingerprint density at radius 2 is 1.75 bits per heavy atom. The molecule has 1 aliphatic heterocycles. The number of carbonyl (C=O) groups is 2. The number of carbonyl (C=O) groups excluding carboxylic acids is 2. The molecule has 0 unspecified atom stereocenters. The molecule has 1 saturated heterocycles. The van der Waals surface area contributed by atoms with Crippen molar-refractivity contribution < 1.29 is 41.7 Å². The van der Waals surface area contributed by atoms with Crippen LogP contribution in [-0.2, 0) is 34.1 Å². The molecule has 0 aliphatic carbocycles. The first-order chi connectivity index (χ1) is 13.0. The second-order valence-corrected chi connectivity index (χ2v) is 6.79. The number of rotatable bonds is 7. The third-order valence-corrected chi connectivity index (χ3v) is 4.42. The summed E-state index contributed by atoms with van der Waals surface area (Å²) < 4.78 is 61.8. The molecule has 1 fully saturated rings. The van der Waals surface area contributed by atoms with Gasteiger partial charge in [0.15, 0.2) is 12.4 Å². The molecular formula is C19H23F3O6. The van der Waals surface area contributed by atoms with Crippen LogP contribution in [0, 0.1) is 0 Å². The van der Waals surface area contributed by atoms with Crippen molar-refractivity contribution in [2.75, 3.05) is 13.7 Å². The monoisotopic (exact) mass is 404 g/mol. The molecule has 1 heterocycles. The summed E-state index contributed by atoms with van der Waals surface area (Å²) in [5.74, 6) is -3.43. The van der Waals surface area contributed by atoms with E-state index in [1.165, 1.54) is 18.2 Å². The molecule has 0 aromatic heterocycles. The van der Waals surface area contributed by atoms with Gasteiger partial charge in [-0.05, 0) is 20.3 Å². The first-order valence-corrected chi connectivity index (χ1v) is 8.71. The van der Waals surface area contributed by atoms with Crippen LogP contribution in [0.4, 0.5) is 13.2 Å². The Balaban J connectivity index is 2.20. The fraction of sp³-hybridized carbons (Fsp3) is 0.579. The Morgan fingerprint density at radius 3 is 2.25 bits per heavy atom. The van der Waals surface area contributed by atoms with Gasteiger partial charge < -0.3 is 18.9 Å². The van der Waals surface area contributed by atoms with Gasteiger partial charge in [0.2, 0.25) is 5.78 Å². The average Bonchev–Trinajstić information content (AvgIpc) is 2.95. The predicted molar refractivity (Wildman–Crippen MR) is 91.3 cm³/mol. The summed E-state index contributed by atoms with van der Waals surface area (Å²) in [5.41, 5.74) is -3.79. The Morgan fingerprint density at radius 1 is 1.14 bits per heavy atom. The molecule has 3 atom stereocenters. The molecule has 6 nitrogen and oxygen atoms in total. The number of ketones is 1. The lowest BCUT2D eigenvalue weighted by atomic mass is 9.92. The number of hydrogen-bond acceptors (Lipinski definition) is 6. The van der Waals surface area contributed by atoms with E-state index in [0.717, 1.165) is 19.2 Å². The van der Waals surface area contributed by atoms with Crippen molar-refractivity contribution in [2.24, 2.45) is 0 Å². The molecule has 0 amide bonds. The smallest absolute Gasteiger partial charge is 0.432 e. The van der Waals surface area contributed by atoms with Crippen LogP contribution in [0.25, 0.3) is 0 Å². The quantitative estimate of drug-likeness (QED) is 0.651. The predicted octanol–water partition coefficient (Wildman–Crippen LogP) is 3.13. The van der Waals surface area contributed by atoms with Crippen molar-refractivity contribution in [2.45, 2.75) is 57.0 Å². The number of Topliss-reactive ketones (excluding diaryl/α,β-unsaturated/α-hetero) is 1. The van der Waals surface area contributed by atoms with Crippen LogP contribution in [0.5, 0.6) is 0 Å². The molecule has 9 heteroatoms. The number of ether oxygens (including phenoxy) is 4. The largest absolute Gasteiger partial charge is 0.455 e. The summed E-state index contributed by atoms with van der Waals surface area (Å²) in [4.78, 5) is 24.9. The molecular weight excluding hydrogens is 381 g/mol. The van der Waals surface area contributed by atoms with E-state index in [9.17, 15) is 22.8 Å². The molecule has 1 aromatic carbocycles. The minimum atomic E-state index is -5.11. The number of halogens is 3. The average molecular weight is 404 g/mol. The maximum atomic E-state index is 13.8. The minimum absolute atomic E-state index is 0.447. The van der Waals surface area contributed by atoms with Gasteiger partial charge in [-0.3, -0.25) is 4.79 Å². The highest BCUT2D eigenvalue weighted by Gasteiger charge is 2.64. The third-order valence-electron chi connectivity index (χ3n) is 4.42. The van der Waals surface area contributed by atoms with Gasteiger partial charge in [-0.2, -0.15) is 13.2 Å². The summed E-state index contributed by atoms with van der Waals surface area (Å²) in [6, 6.07) is 6.38. The van der Waals surface area contributed by atoms with Gasteiger partial charge in [0, 0.05) is 12.7 Å². The van der Waals surface area contributed by atoms with Crippen molar-refractivity contribution in [3.63, 3.8) is 0 Å². The lowest BCUT2D eigenvalue weighted by Gasteiger charge is -2.32. The maximum Gasteiger partial charge on any atom is 0.432 e. The lowest BCUT2D eigenvalue weighted by Crippen LogP contribution is -2.52. The molecule has 1 aromatic rings. The van der Waals surface area contributed by atoms with Crippen LogP contribution in [-0.4, -0.2) is 49.6 Å². The summed E-state index contributed by atoms with van der Waals surface area (Å²) in [6.07, 6.45) is -6.27. The number of esters is 1. The Kier molecular flexibility index (Phi) is 6.52. The molecule has 156 valence electrons. The van der Waals surface area contributed by atoms with Gasteiger partial charge in [-0.15, -0.1) is 0 Å². The van der Waals surface area contributed by atoms with Crippen LogP contribution in [0.15, 0.2) is 30.3 Å². The van der Waals surface area contributed by atoms with Gasteiger partial charge in [-0.25, -0.2) is 4.79 Å². The first-order valence-electron chi connectivity index (χ1n) is 8.71. The van der Waals surface area contributed by atoms with Crippen molar-refractivity contribution in [1.82, 2.24) is 0 Å². The summed E-state index contributed by atoms with van der Waals surface area (Å²) in [7, 11) is 0.757. The maximum absolute atomic E-state index is 13.8. The lowest BCUT2D eigenvalue weighted by molar-refractivity contribution is -0.276. The van der Waals surface area contributed by atoms with Crippen molar-refractivity contribution >= 4 is 11.8 Å². The zero-order valence-corrected chi connectivity index (χ0v) is 16.0. The Bertz CT molecular complexity index is 703. The van der Waals surface area contributed by atoms with E-state index in [2.05, 4.69) is 4.74 Å². The van der Waals surface area contributed by atoms with Gasteiger partial charge in [0.25, 0.3) is 5.60 Å². The number of methoxy groups -OCH3 is 1. The molecule has 0 bridgehead atoms. The molecule has 0 spiro atoms. The van der Waals surface area contributed by atoms with E-state index in [1.54, 1.807) is 20.8 Å². The molecule has 0 saturated carbocycles. The highest BCUT2D eigenvalue weighted by atomic mass is 19.4. The van der Waals surface area contributed by atoms with Crippen LogP contribution >= 0.6 is 0 Å². The van der Waals surface area contributed by atoms with Gasteiger partial charge in [0.05, 0.1) is 6.10 Å². The summed E-state index contributed by atoms with van der Waals surface area (Å²) >= 11 is 0. The topological polar surface area (TPSA) is 71.1 Å². The van der Waals surface area contributed by atoms with Crippen molar-refractivity contribution in [3.8, 4) is 0 Å². The number of benzene rings is 1. The fourth-order valence-electron chi connectivity index (χ4n) is 3.11. The van der Waals surface area contributed by atoms with Crippen molar-refractivity contribution in [1.29, 1.82) is 0 Å². The van der Waals surface area contributed by atoms with E-state index < -0.39 is 53.7 Å². The first kappa shape index (κ1) is 22.3. The molecule has 2 rings (SSSR count). The van der Waals surface area contributed by atoms with Crippen LogP contribution < -0.4 is 0 Å². The second kappa shape index (κ2) is 8.18. The third kappa shape index (κ3) is 4.21. The Labute approximate surface area is 160 Å². The number of alkyl halides is 3. The highest BCUT2D eigenvalue weighted by molar-refractivity contribution is 5.89. The zero-order valence-electron chi connectivity index (χ0n) is 16.0. The number of hydrogen-bond donors (Lipinski definition) is 0. The van der Waals surface area contributed by atoms with Crippen molar-refractivity contribution in [3.05, 3.63) is 35.9 Å². The zero-order chi connectivity index (χ0) is 21.2. The van der Waals surface area contributed by atoms with Gasteiger partial charge >= 0.3 is 12.1 Å². The highest BCUT2D eigenvalue weighted by Crippen LogP contribution is 2.43. The van der Waals surface area contributed by atoms with Gasteiger partial charge in [0.1, 0.15) is 6.10 Å². The second-order valence-electron chi connectivity index (χ2n) is 6.79. The molecule has 28 heavy (non-hydrogen) atoms. The SMILES string of the molecule is CC[C@H]1OC(C)(C)O[C@@H]1C(=O)COC(=O)[C@](OC)(c1ccccc1)C(F)(F)F. The fourth-order valence-corrected chi connectivity index (χ4v) is 3.11. The molecule has 0 N–H and O–H groups in total. The molecule has 1 aliphatic rings. The normalized spacial score (nSPS) is 23.8. The van der Waals surface area contributed by atoms with E-state index in [-0.39, 0.29) is 0 Å². The Hall–Kier alpha value is -1.97. The van der Waals surface area contributed by atoms with E-state index in [4.69, 9.17) is 14.2 Å². The van der Waals surface area contributed by atoms with E-state index in [1.807, 2.05) is 0 Å². The summed E-state index contributed by atoms with van der Waals surface area (Å²) in [5, 5.41) is 0. The van der Waals surface area contributed by atoms with E-state index in [0.29, 0.717) is 6.42 Å².